The second-order valence-corrected chi connectivity index (χ2v) is 5.75. The highest BCUT2D eigenvalue weighted by atomic mass is 16.5. The number of carbonyl (C=O) groups excluding carboxylic acids is 1. The molecule has 1 amide bonds. The first-order valence-electron chi connectivity index (χ1n) is 6.54. The molecular formula is C15H19N3O2. The summed E-state index contributed by atoms with van der Waals surface area (Å²) in [6.07, 6.45) is 0. The molecule has 2 aromatic rings. The molecule has 0 aliphatic rings. The molecule has 106 valence electrons. The summed E-state index contributed by atoms with van der Waals surface area (Å²) >= 11 is 0. The molecule has 1 heterocycles. The molecule has 1 aromatic carbocycles. The minimum absolute atomic E-state index is 0.117. The van der Waals surface area contributed by atoms with E-state index in [1.807, 2.05) is 12.1 Å². The fourth-order valence-corrected chi connectivity index (χ4v) is 1.76. The summed E-state index contributed by atoms with van der Waals surface area (Å²) in [6.45, 7) is 8.20. The number of aromatic nitrogens is 2. The third-order valence-corrected chi connectivity index (χ3v) is 2.97. The second kappa shape index (κ2) is 5.45. The van der Waals surface area contributed by atoms with E-state index in [1.54, 1.807) is 0 Å². The van der Waals surface area contributed by atoms with Crippen LogP contribution in [0.4, 0.5) is 0 Å². The molecule has 0 atom stereocenters. The smallest absolute Gasteiger partial charge is 0.246 e. The topological polar surface area (TPSA) is 68.0 Å². The number of nitrogens with zero attached hydrogens (tertiary/aromatic N) is 2. The van der Waals surface area contributed by atoms with Crippen molar-refractivity contribution in [3.8, 4) is 11.4 Å². The molecule has 0 aliphatic heterocycles. The fraction of sp³-hybridized carbons (Fsp3) is 0.400. The van der Waals surface area contributed by atoms with E-state index < -0.39 is 0 Å². The molecule has 0 fully saturated rings. The van der Waals surface area contributed by atoms with Crippen molar-refractivity contribution in [3.05, 3.63) is 35.7 Å². The molecule has 20 heavy (non-hydrogen) atoms. The van der Waals surface area contributed by atoms with Gasteiger partial charge >= 0.3 is 0 Å². The van der Waals surface area contributed by atoms with Gasteiger partial charge in [0.05, 0.1) is 6.54 Å². The maximum absolute atomic E-state index is 10.8. The van der Waals surface area contributed by atoms with E-state index in [2.05, 4.69) is 48.4 Å². The zero-order valence-electron chi connectivity index (χ0n) is 12.2. The Balaban J connectivity index is 2.14. The van der Waals surface area contributed by atoms with E-state index in [4.69, 9.17) is 4.52 Å². The monoisotopic (exact) mass is 273 g/mol. The van der Waals surface area contributed by atoms with Gasteiger partial charge < -0.3 is 9.84 Å². The summed E-state index contributed by atoms with van der Waals surface area (Å²) < 4.78 is 5.09. The normalized spacial score (nSPS) is 11.4. The Labute approximate surface area is 118 Å². The van der Waals surface area contributed by atoms with E-state index in [0.717, 1.165) is 5.56 Å². The lowest BCUT2D eigenvalue weighted by Gasteiger charge is -2.18. The summed E-state index contributed by atoms with van der Waals surface area (Å²) in [5.74, 6) is 0.806. The van der Waals surface area contributed by atoms with Gasteiger partial charge in [-0.3, -0.25) is 4.79 Å². The first-order chi connectivity index (χ1) is 9.36. The average molecular weight is 273 g/mol. The maximum Gasteiger partial charge on any atom is 0.246 e. The van der Waals surface area contributed by atoms with Crippen molar-refractivity contribution in [2.75, 3.05) is 0 Å². The lowest BCUT2D eigenvalue weighted by molar-refractivity contribution is -0.119. The number of carbonyl (C=O) groups is 1. The van der Waals surface area contributed by atoms with Gasteiger partial charge in [0.2, 0.25) is 17.6 Å². The first-order valence-corrected chi connectivity index (χ1v) is 6.54. The SMILES string of the molecule is CC(=O)NCc1nc(-c2ccc(C(C)(C)C)cc2)no1. The molecule has 0 radical (unpaired) electrons. The van der Waals surface area contributed by atoms with Crippen LogP contribution in [0.5, 0.6) is 0 Å². The number of amides is 1. The van der Waals surface area contributed by atoms with E-state index in [0.29, 0.717) is 11.7 Å². The van der Waals surface area contributed by atoms with Crippen LogP contribution in [0.15, 0.2) is 28.8 Å². The van der Waals surface area contributed by atoms with E-state index >= 15 is 0 Å². The third-order valence-electron chi connectivity index (χ3n) is 2.97. The average Bonchev–Trinajstić information content (AvgIpc) is 2.84. The number of rotatable bonds is 3. The van der Waals surface area contributed by atoms with Gasteiger partial charge in [-0.05, 0) is 11.0 Å². The molecule has 1 aromatic heterocycles. The predicted octanol–water partition coefficient (Wildman–Crippen LogP) is 2.67. The molecule has 0 unspecified atom stereocenters. The van der Waals surface area contributed by atoms with Crippen LogP contribution >= 0.6 is 0 Å². The van der Waals surface area contributed by atoms with Gasteiger partial charge in [-0.2, -0.15) is 4.98 Å². The highest BCUT2D eigenvalue weighted by Crippen LogP contribution is 2.24. The van der Waals surface area contributed by atoms with Crippen LogP contribution in [0.3, 0.4) is 0 Å². The highest BCUT2D eigenvalue weighted by molar-refractivity contribution is 5.72. The fourth-order valence-electron chi connectivity index (χ4n) is 1.76. The van der Waals surface area contributed by atoms with Crippen LogP contribution in [-0.4, -0.2) is 16.0 Å². The number of nitrogens with one attached hydrogen (secondary N) is 1. The summed E-state index contributed by atoms with van der Waals surface area (Å²) in [4.78, 5) is 15.1. The predicted molar refractivity (Wildman–Crippen MR) is 76.0 cm³/mol. The van der Waals surface area contributed by atoms with E-state index in [9.17, 15) is 4.79 Å². The van der Waals surface area contributed by atoms with E-state index in [1.165, 1.54) is 12.5 Å². The van der Waals surface area contributed by atoms with Crippen molar-refractivity contribution in [2.24, 2.45) is 0 Å². The lowest BCUT2D eigenvalue weighted by Crippen LogP contribution is -2.18. The number of hydrogen-bond acceptors (Lipinski definition) is 4. The van der Waals surface area contributed by atoms with Gasteiger partial charge in [0.1, 0.15) is 0 Å². The van der Waals surface area contributed by atoms with Crippen molar-refractivity contribution in [3.63, 3.8) is 0 Å². The molecule has 0 spiro atoms. The Kier molecular flexibility index (Phi) is 3.88. The van der Waals surface area contributed by atoms with Crippen LogP contribution in [0.2, 0.25) is 0 Å². The molecule has 5 nitrogen and oxygen atoms in total. The van der Waals surface area contributed by atoms with Crippen LogP contribution in [0.1, 0.15) is 39.1 Å². The van der Waals surface area contributed by atoms with Crippen molar-refractivity contribution >= 4 is 5.91 Å². The largest absolute Gasteiger partial charge is 0.347 e. The van der Waals surface area contributed by atoms with Gasteiger partial charge in [0, 0.05) is 12.5 Å². The van der Waals surface area contributed by atoms with Crippen LogP contribution in [0, 0.1) is 0 Å². The quantitative estimate of drug-likeness (QED) is 0.933. The zero-order chi connectivity index (χ0) is 14.8. The maximum atomic E-state index is 10.8. The van der Waals surface area contributed by atoms with Crippen LogP contribution in [-0.2, 0) is 16.8 Å². The first kappa shape index (κ1) is 14.2. The molecule has 0 saturated carbocycles. The lowest BCUT2D eigenvalue weighted by atomic mass is 9.87. The van der Waals surface area contributed by atoms with Crippen molar-refractivity contribution in [2.45, 2.75) is 39.7 Å². The highest BCUT2D eigenvalue weighted by Gasteiger charge is 2.14. The minimum atomic E-state index is -0.126. The Morgan fingerprint density at radius 2 is 1.90 bits per heavy atom. The molecule has 1 N–H and O–H groups in total. The van der Waals surface area contributed by atoms with Crippen molar-refractivity contribution in [1.82, 2.24) is 15.5 Å². The van der Waals surface area contributed by atoms with Crippen molar-refractivity contribution < 1.29 is 9.32 Å². The van der Waals surface area contributed by atoms with Crippen LogP contribution in [0.25, 0.3) is 11.4 Å². The number of hydrogen-bond donors (Lipinski definition) is 1. The summed E-state index contributed by atoms with van der Waals surface area (Å²) in [5, 5.41) is 6.54. The second-order valence-electron chi connectivity index (χ2n) is 5.75. The molecular weight excluding hydrogens is 254 g/mol. The Bertz CT molecular complexity index is 594. The number of benzene rings is 1. The Hall–Kier alpha value is -2.17. The zero-order valence-corrected chi connectivity index (χ0v) is 12.2. The molecule has 0 bridgehead atoms. The van der Waals surface area contributed by atoms with Gasteiger partial charge in [-0.1, -0.05) is 50.2 Å². The molecule has 0 aliphatic carbocycles. The Morgan fingerprint density at radius 1 is 1.25 bits per heavy atom. The van der Waals surface area contributed by atoms with Crippen molar-refractivity contribution in [1.29, 1.82) is 0 Å². The van der Waals surface area contributed by atoms with Gasteiger partial charge in [-0.15, -0.1) is 0 Å². The third kappa shape index (κ3) is 3.44. The Morgan fingerprint density at radius 3 is 2.45 bits per heavy atom. The van der Waals surface area contributed by atoms with E-state index in [-0.39, 0.29) is 17.9 Å². The van der Waals surface area contributed by atoms with Crippen LogP contribution < -0.4 is 5.32 Å². The van der Waals surface area contributed by atoms with Gasteiger partial charge in [0.15, 0.2) is 0 Å². The standard InChI is InChI=1S/C15H19N3O2/c1-10(19)16-9-13-17-14(18-20-13)11-5-7-12(8-6-11)15(2,3)4/h5-8H,9H2,1-4H3,(H,16,19). The van der Waals surface area contributed by atoms with Gasteiger partial charge in [-0.25, -0.2) is 0 Å². The summed E-state index contributed by atoms with van der Waals surface area (Å²) in [7, 11) is 0. The molecule has 0 saturated heterocycles. The van der Waals surface area contributed by atoms with Gasteiger partial charge in [0.25, 0.3) is 0 Å². The summed E-state index contributed by atoms with van der Waals surface area (Å²) in [6, 6.07) is 8.10. The minimum Gasteiger partial charge on any atom is -0.347 e. The summed E-state index contributed by atoms with van der Waals surface area (Å²) in [5.41, 5.74) is 2.27. The molecule has 2 rings (SSSR count). The molecule has 5 heteroatoms.